The van der Waals surface area contributed by atoms with Crippen molar-refractivity contribution in [2.75, 3.05) is 11.9 Å². The van der Waals surface area contributed by atoms with Crippen LogP contribution in [0.1, 0.15) is 23.9 Å². The third-order valence-electron chi connectivity index (χ3n) is 2.60. The van der Waals surface area contributed by atoms with Crippen molar-refractivity contribution < 1.29 is 9.66 Å². The molecule has 0 saturated heterocycles. The molecule has 0 amide bonds. The second-order valence-electron chi connectivity index (χ2n) is 4.38. The summed E-state index contributed by atoms with van der Waals surface area (Å²) in [6.45, 7) is 4.87. The first-order valence-electron chi connectivity index (χ1n) is 6.53. The average Bonchev–Trinajstić information content (AvgIpc) is 2.91. The van der Waals surface area contributed by atoms with Crippen LogP contribution in [0.25, 0.3) is 0 Å². The fourth-order valence-electron chi connectivity index (χ4n) is 1.61. The Hall–Kier alpha value is -2.22. The maximum absolute atomic E-state index is 11.0. The highest BCUT2D eigenvalue weighted by Gasteiger charge is 2.17. The van der Waals surface area contributed by atoms with Gasteiger partial charge in [-0.15, -0.1) is 0 Å². The summed E-state index contributed by atoms with van der Waals surface area (Å²) in [6, 6.07) is 3.25. The molecule has 2 rings (SSSR count). The van der Waals surface area contributed by atoms with Gasteiger partial charge in [0.05, 0.1) is 4.88 Å². The molecule has 21 heavy (non-hydrogen) atoms. The molecule has 0 saturated carbocycles. The minimum absolute atomic E-state index is 0.169. The van der Waals surface area contributed by atoms with E-state index in [1.807, 2.05) is 0 Å². The van der Waals surface area contributed by atoms with Crippen LogP contribution in [0.2, 0.25) is 0 Å². The predicted molar refractivity (Wildman–Crippen MR) is 80.9 cm³/mol. The largest absolute Gasteiger partial charge is 0.480 e. The monoisotopic (exact) mass is 308 g/mol. The van der Waals surface area contributed by atoms with E-state index in [0.717, 1.165) is 23.0 Å². The third-order valence-corrected chi connectivity index (χ3v) is 3.53. The number of anilines is 1. The van der Waals surface area contributed by atoms with Gasteiger partial charge in [-0.25, -0.2) is 4.98 Å². The second kappa shape index (κ2) is 6.98. The lowest BCUT2D eigenvalue weighted by molar-refractivity contribution is -0.390. The van der Waals surface area contributed by atoms with Gasteiger partial charge in [-0.1, -0.05) is 18.3 Å². The second-order valence-corrected chi connectivity index (χ2v) is 5.49. The summed E-state index contributed by atoms with van der Waals surface area (Å²) in [4.78, 5) is 19.4. The number of pyridine rings is 1. The summed E-state index contributed by atoms with van der Waals surface area (Å²) in [5.74, 6) is -0.0917. The van der Waals surface area contributed by atoms with E-state index >= 15 is 0 Å². The van der Waals surface area contributed by atoms with Crippen molar-refractivity contribution in [2.24, 2.45) is 0 Å². The number of aryl methyl sites for hydroxylation is 1. The van der Waals surface area contributed by atoms with E-state index in [9.17, 15) is 10.1 Å². The molecule has 0 atom stereocenters. The molecule has 0 unspecified atom stereocenters. The van der Waals surface area contributed by atoms with Gasteiger partial charge < -0.3 is 20.2 Å². The standard InChI is InChI=1S/C13H16N4O3S/c1-3-6-14-13-15-7-10(21-13)8-20-11-5-4-9(2)16-12(11)17(18)19/h4-5,7H,3,6,8H2,1-2H3,(H,14,15). The normalized spacial score (nSPS) is 10.4. The quantitative estimate of drug-likeness (QED) is 0.624. The van der Waals surface area contributed by atoms with Crippen LogP contribution in [0.5, 0.6) is 5.75 Å². The fraction of sp³-hybridized carbons (Fsp3) is 0.385. The van der Waals surface area contributed by atoms with Gasteiger partial charge in [0.25, 0.3) is 0 Å². The van der Waals surface area contributed by atoms with Crippen molar-refractivity contribution in [1.29, 1.82) is 0 Å². The lowest BCUT2D eigenvalue weighted by Crippen LogP contribution is -2.00. The van der Waals surface area contributed by atoms with E-state index in [1.54, 1.807) is 25.3 Å². The smallest absolute Gasteiger partial charge is 0.406 e. The molecule has 2 aromatic heterocycles. The molecule has 0 spiro atoms. The maximum Gasteiger partial charge on any atom is 0.406 e. The van der Waals surface area contributed by atoms with Gasteiger partial charge in [-0.05, 0) is 28.5 Å². The Balaban J connectivity index is 2.03. The molecule has 0 bridgehead atoms. The topological polar surface area (TPSA) is 90.2 Å². The first kappa shape index (κ1) is 15.2. The summed E-state index contributed by atoms with van der Waals surface area (Å²) in [5.41, 5.74) is 0.581. The van der Waals surface area contributed by atoms with Crippen LogP contribution in [0.15, 0.2) is 18.3 Å². The van der Waals surface area contributed by atoms with Gasteiger partial charge in [0, 0.05) is 19.7 Å². The highest BCUT2D eigenvalue weighted by atomic mass is 32.1. The van der Waals surface area contributed by atoms with E-state index in [4.69, 9.17) is 4.74 Å². The molecule has 0 aliphatic rings. The van der Waals surface area contributed by atoms with Crippen molar-refractivity contribution in [1.82, 2.24) is 9.97 Å². The number of hydrogen-bond donors (Lipinski definition) is 1. The zero-order valence-corrected chi connectivity index (χ0v) is 12.6. The van der Waals surface area contributed by atoms with Gasteiger partial charge in [0.15, 0.2) is 5.13 Å². The molecule has 2 aromatic rings. The zero-order valence-electron chi connectivity index (χ0n) is 11.8. The molecule has 112 valence electrons. The number of ether oxygens (including phenoxy) is 1. The van der Waals surface area contributed by atoms with E-state index in [0.29, 0.717) is 5.69 Å². The molecule has 0 aromatic carbocycles. The van der Waals surface area contributed by atoms with E-state index in [1.165, 1.54) is 11.3 Å². The molecule has 8 heteroatoms. The van der Waals surface area contributed by atoms with Crippen LogP contribution in [-0.2, 0) is 6.61 Å². The van der Waals surface area contributed by atoms with Crippen LogP contribution >= 0.6 is 11.3 Å². The Morgan fingerprint density at radius 2 is 2.29 bits per heavy atom. The highest BCUT2D eigenvalue weighted by Crippen LogP contribution is 2.26. The van der Waals surface area contributed by atoms with Gasteiger partial charge in [0.1, 0.15) is 12.3 Å². The molecular formula is C13H16N4O3S. The van der Waals surface area contributed by atoms with Crippen molar-refractivity contribution in [3.05, 3.63) is 39.0 Å². The Labute approximate surface area is 126 Å². The van der Waals surface area contributed by atoms with E-state index in [2.05, 4.69) is 22.2 Å². The minimum atomic E-state index is -0.538. The molecule has 0 radical (unpaired) electrons. The molecule has 1 N–H and O–H groups in total. The molecule has 0 aliphatic carbocycles. The van der Waals surface area contributed by atoms with Gasteiger partial charge >= 0.3 is 5.82 Å². The van der Waals surface area contributed by atoms with Gasteiger partial charge in [-0.3, -0.25) is 0 Å². The molecular weight excluding hydrogens is 292 g/mol. The molecule has 0 fully saturated rings. The van der Waals surface area contributed by atoms with Crippen molar-refractivity contribution >= 4 is 22.3 Å². The van der Waals surface area contributed by atoms with Crippen LogP contribution in [-0.4, -0.2) is 21.4 Å². The number of aromatic nitrogens is 2. The Morgan fingerprint density at radius 3 is 3.00 bits per heavy atom. The Bertz CT molecular complexity index is 630. The molecule has 2 heterocycles. The van der Waals surface area contributed by atoms with Crippen LogP contribution in [0.4, 0.5) is 10.9 Å². The van der Waals surface area contributed by atoms with Crippen LogP contribution < -0.4 is 10.1 Å². The maximum atomic E-state index is 11.0. The number of rotatable bonds is 7. The average molecular weight is 308 g/mol. The molecule has 0 aliphatic heterocycles. The summed E-state index contributed by atoms with van der Waals surface area (Å²) >= 11 is 1.47. The first-order valence-corrected chi connectivity index (χ1v) is 7.35. The molecule has 7 nitrogen and oxygen atoms in total. The predicted octanol–water partition coefficient (Wildman–Crippen LogP) is 3.16. The van der Waals surface area contributed by atoms with Crippen molar-refractivity contribution in [2.45, 2.75) is 26.9 Å². The Kier molecular flexibility index (Phi) is 5.04. The third kappa shape index (κ3) is 4.12. The van der Waals surface area contributed by atoms with Gasteiger partial charge in [-0.2, -0.15) is 0 Å². The van der Waals surface area contributed by atoms with Crippen molar-refractivity contribution in [3.63, 3.8) is 0 Å². The summed E-state index contributed by atoms with van der Waals surface area (Å²) < 4.78 is 5.50. The van der Waals surface area contributed by atoms with E-state index in [-0.39, 0.29) is 18.2 Å². The first-order chi connectivity index (χ1) is 10.1. The van der Waals surface area contributed by atoms with Gasteiger partial charge in [0.2, 0.25) is 5.75 Å². The number of nitrogens with one attached hydrogen (secondary N) is 1. The lowest BCUT2D eigenvalue weighted by atomic mass is 10.3. The number of hydrogen-bond acceptors (Lipinski definition) is 7. The summed E-state index contributed by atoms with van der Waals surface area (Å²) in [7, 11) is 0. The SMILES string of the molecule is CCCNc1ncc(COc2ccc(C)nc2[N+](=O)[O-])s1. The summed E-state index contributed by atoms with van der Waals surface area (Å²) in [6.07, 6.45) is 2.72. The Morgan fingerprint density at radius 1 is 1.48 bits per heavy atom. The lowest BCUT2D eigenvalue weighted by Gasteiger charge is -2.04. The van der Waals surface area contributed by atoms with E-state index < -0.39 is 4.92 Å². The minimum Gasteiger partial charge on any atom is -0.480 e. The number of nitro groups is 1. The van der Waals surface area contributed by atoms with Crippen LogP contribution in [0, 0.1) is 17.0 Å². The number of thiazole rings is 1. The highest BCUT2D eigenvalue weighted by molar-refractivity contribution is 7.15. The fourth-order valence-corrected chi connectivity index (χ4v) is 2.36. The van der Waals surface area contributed by atoms with Crippen molar-refractivity contribution in [3.8, 4) is 5.75 Å². The number of nitrogens with zero attached hydrogens (tertiary/aromatic N) is 3. The van der Waals surface area contributed by atoms with Crippen LogP contribution in [0.3, 0.4) is 0 Å². The zero-order chi connectivity index (χ0) is 15.2. The summed E-state index contributed by atoms with van der Waals surface area (Å²) in [5, 5.41) is 15.0.